The van der Waals surface area contributed by atoms with Gasteiger partial charge in [-0.15, -0.1) is 0 Å². The van der Waals surface area contributed by atoms with Crippen LogP contribution in [0.25, 0.3) is 40.1 Å². The van der Waals surface area contributed by atoms with Crippen molar-refractivity contribution in [3.05, 3.63) is 105 Å². The Morgan fingerprint density at radius 3 is 2.44 bits per heavy atom. The summed E-state index contributed by atoms with van der Waals surface area (Å²) >= 11 is 12.5. The minimum Gasteiger partial charge on any atom is -0.478 e. The molecule has 5 rings (SSSR count). The molecule has 34 heavy (non-hydrogen) atoms. The summed E-state index contributed by atoms with van der Waals surface area (Å²) in [6, 6.07) is 23.8. The monoisotopic (exact) mass is 483 g/mol. The Balaban J connectivity index is 1.75. The van der Waals surface area contributed by atoms with E-state index in [-0.39, 0.29) is 5.56 Å². The van der Waals surface area contributed by atoms with Crippen molar-refractivity contribution in [2.75, 3.05) is 0 Å². The number of fused-ring (bicyclic) bond motifs is 3. The Kier molecular flexibility index (Phi) is 5.54. The summed E-state index contributed by atoms with van der Waals surface area (Å²) in [5, 5.41) is 20.0. The van der Waals surface area contributed by atoms with Gasteiger partial charge in [0.1, 0.15) is 11.6 Å². The Morgan fingerprint density at radius 1 is 0.971 bits per heavy atom. The maximum absolute atomic E-state index is 11.1. The largest absolute Gasteiger partial charge is 0.478 e. The molecule has 0 fully saturated rings. The summed E-state index contributed by atoms with van der Waals surface area (Å²) in [7, 11) is 0. The number of halogens is 2. The number of para-hydroxylation sites is 2. The summed E-state index contributed by atoms with van der Waals surface area (Å²) in [6.07, 6.45) is 3.66. The molecule has 7 heteroatoms. The lowest BCUT2D eigenvalue weighted by atomic mass is 10.0. The van der Waals surface area contributed by atoms with Crippen molar-refractivity contribution in [1.29, 1.82) is 5.26 Å². The number of hydrogen-bond acceptors (Lipinski definition) is 3. The summed E-state index contributed by atoms with van der Waals surface area (Å²) in [4.78, 5) is 15.9. The Hall–Kier alpha value is -4.11. The molecule has 0 aliphatic rings. The first kappa shape index (κ1) is 21.7. The van der Waals surface area contributed by atoms with Gasteiger partial charge in [-0.05, 0) is 53.6 Å². The van der Waals surface area contributed by atoms with Crippen LogP contribution in [-0.2, 0) is 0 Å². The molecule has 2 aromatic heterocycles. The van der Waals surface area contributed by atoms with Crippen molar-refractivity contribution in [2.45, 2.75) is 0 Å². The molecular weight excluding hydrogens is 469 g/mol. The van der Waals surface area contributed by atoms with E-state index in [4.69, 9.17) is 33.3 Å². The van der Waals surface area contributed by atoms with E-state index in [1.807, 2.05) is 53.0 Å². The van der Waals surface area contributed by atoms with Crippen LogP contribution in [0.3, 0.4) is 0 Å². The van der Waals surface area contributed by atoms with Crippen molar-refractivity contribution in [3.63, 3.8) is 0 Å². The lowest BCUT2D eigenvalue weighted by Gasteiger charge is -2.12. The van der Waals surface area contributed by atoms with Crippen LogP contribution < -0.4 is 0 Å². The third-order valence-corrected chi connectivity index (χ3v) is 6.29. The van der Waals surface area contributed by atoms with Crippen molar-refractivity contribution < 1.29 is 9.90 Å². The van der Waals surface area contributed by atoms with Gasteiger partial charge in [0, 0.05) is 5.56 Å². The van der Waals surface area contributed by atoms with E-state index in [9.17, 15) is 10.1 Å². The first-order valence-corrected chi connectivity index (χ1v) is 11.0. The molecule has 5 nitrogen and oxygen atoms in total. The number of aromatic nitrogens is 2. The Bertz CT molecular complexity index is 1660. The minimum atomic E-state index is -0.981. The second-order valence-corrected chi connectivity index (χ2v) is 8.44. The molecule has 0 bridgehead atoms. The lowest BCUT2D eigenvalue weighted by molar-refractivity contribution is 0.0697. The van der Waals surface area contributed by atoms with Crippen molar-refractivity contribution in [3.8, 4) is 17.3 Å². The quantitative estimate of drug-likeness (QED) is 0.293. The van der Waals surface area contributed by atoms with Gasteiger partial charge in [0.05, 0.1) is 32.3 Å². The van der Waals surface area contributed by atoms with Gasteiger partial charge in [-0.2, -0.15) is 5.26 Å². The second kappa shape index (κ2) is 8.68. The number of hydrogen-bond donors (Lipinski definition) is 1. The smallest absolute Gasteiger partial charge is 0.335 e. The summed E-state index contributed by atoms with van der Waals surface area (Å²) < 4.78 is 1.95. The highest BCUT2D eigenvalue weighted by Crippen LogP contribution is 2.34. The number of carboxylic acid groups (broad SMARTS) is 1. The average Bonchev–Trinajstić information content (AvgIpc) is 3.23. The van der Waals surface area contributed by atoms with Gasteiger partial charge >= 0.3 is 5.97 Å². The highest BCUT2D eigenvalue weighted by Gasteiger charge is 2.17. The zero-order valence-electron chi connectivity index (χ0n) is 17.5. The molecule has 0 aliphatic heterocycles. The fraction of sp³-hybridized carbons (Fsp3) is 0. The molecule has 0 radical (unpaired) electrons. The number of rotatable bonds is 4. The molecule has 3 aromatic carbocycles. The predicted molar refractivity (Wildman–Crippen MR) is 135 cm³/mol. The number of carbonyl (C=O) groups is 1. The Morgan fingerprint density at radius 2 is 1.74 bits per heavy atom. The molecule has 2 heterocycles. The number of nitriles is 1. The maximum atomic E-state index is 11.1. The normalized spacial score (nSPS) is 11.3. The molecule has 164 valence electrons. The third kappa shape index (κ3) is 3.80. The van der Waals surface area contributed by atoms with Crippen LogP contribution in [0.2, 0.25) is 10.0 Å². The van der Waals surface area contributed by atoms with E-state index in [0.29, 0.717) is 26.8 Å². The highest BCUT2D eigenvalue weighted by molar-refractivity contribution is 6.42. The fourth-order valence-electron chi connectivity index (χ4n) is 3.89. The summed E-state index contributed by atoms with van der Waals surface area (Å²) in [5.41, 5.74) is 5.93. The van der Waals surface area contributed by atoms with E-state index < -0.39 is 5.97 Å². The zero-order chi connectivity index (χ0) is 23.8. The van der Waals surface area contributed by atoms with Crippen molar-refractivity contribution >= 4 is 58.0 Å². The molecule has 0 saturated heterocycles. The van der Waals surface area contributed by atoms with Crippen molar-refractivity contribution in [2.24, 2.45) is 0 Å². The molecule has 0 amide bonds. The highest BCUT2D eigenvalue weighted by atomic mass is 35.5. The first-order valence-electron chi connectivity index (χ1n) is 10.3. The summed E-state index contributed by atoms with van der Waals surface area (Å²) in [6.45, 7) is 0. The van der Waals surface area contributed by atoms with Crippen molar-refractivity contribution in [1.82, 2.24) is 9.38 Å². The topological polar surface area (TPSA) is 78.4 Å². The van der Waals surface area contributed by atoms with Crippen LogP contribution in [-0.4, -0.2) is 20.5 Å². The number of carboxylic acids is 1. The van der Waals surface area contributed by atoms with Gasteiger partial charge in [0.15, 0.2) is 5.65 Å². The zero-order valence-corrected chi connectivity index (χ0v) is 19.0. The molecule has 5 aromatic rings. The van der Waals surface area contributed by atoms with E-state index in [1.54, 1.807) is 36.4 Å². The van der Waals surface area contributed by atoms with Gasteiger partial charge in [-0.25, -0.2) is 9.78 Å². The van der Waals surface area contributed by atoms with Gasteiger partial charge in [0.2, 0.25) is 0 Å². The molecule has 0 spiro atoms. The predicted octanol–water partition coefficient (Wildman–Crippen LogP) is 7.20. The second-order valence-electron chi connectivity index (χ2n) is 7.62. The average molecular weight is 484 g/mol. The van der Waals surface area contributed by atoms with E-state index in [1.165, 1.54) is 0 Å². The van der Waals surface area contributed by atoms with Gasteiger partial charge < -0.3 is 5.11 Å². The van der Waals surface area contributed by atoms with Crippen LogP contribution in [0.4, 0.5) is 0 Å². The van der Waals surface area contributed by atoms with Crippen LogP contribution >= 0.6 is 23.2 Å². The van der Waals surface area contributed by atoms with Gasteiger partial charge in [-0.1, -0.05) is 65.7 Å². The van der Waals surface area contributed by atoms with Crippen LogP contribution in [0.5, 0.6) is 0 Å². The third-order valence-electron chi connectivity index (χ3n) is 5.55. The van der Waals surface area contributed by atoms with Crippen LogP contribution in [0.1, 0.15) is 27.0 Å². The maximum Gasteiger partial charge on any atom is 0.335 e. The molecule has 0 saturated carbocycles. The first-order chi connectivity index (χ1) is 16.5. The number of aromatic carboxylic acids is 1. The lowest BCUT2D eigenvalue weighted by Crippen LogP contribution is -1.98. The van der Waals surface area contributed by atoms with Gasteiger partial charge in [0.25, 0.3) is 0 Å². The van der Waals surface area contributed by atoms with E-state index in [2.05, 4.69) is 6.07 Å². The van der Waals surface area contributed by atoms with Crippen LogP contribution in [0.15, 0.2) is 72.8 Å². The van der Waals surface area contributed by atoms with E-state index in [0.717, 1.165) is 27.9 Å². The summed E-state index contributed by atoms with van der Waals surface area (Å²) in [5.74, 6) is -0.981. The van der Waals surface area contributed by atoms with E-state index >= 15 is 0 Å². The van der Waals surface area contributed by atoms with Crippen LogP contribution in [0, 0.1) is 11.3 Å². The molecular formula is C27H15Cl2N3O2. The molecule has 0 atom stereocenters. The Labute approximate surface area is 204 Å². The minimum absolute atomic E-state index is 0.210. The standard InChI is InChI=1S/C27H15Cl2N3O2/c28-21-12-11-19(13-22(21)29)25-14-18(10-7-16-5-8-17(9-6-16)27(33)34)20(15-30)26-31-23-3-1-2-4-24(23)32(25)26/h1-14H,(H,33,34)/b10-7+. The number of benzene rings is 3. The fourth-order valence-corrected chi connectivity index (χ4v) is 4.19. The molecule has 0 aliphatic carbocycles. The molecule has 0 unspecified atom stereocenters. The molecule has 1 N–H and O–H groups in total. The number of nitrogens with zero attached hydrogens (tertiary/aromatic N) is 3. The SMILES string of the molecule is N#Cc1c(/C=C/c2ccc(C(=O)O)cc2)cc(-c2ccc(Cl)c(Cl)c2)n2c1nc1ccccc12. The number of imidazole rings is 1. The van der Waals surface area contributed by atoms with Gasteiger partial charge in [-0.3, -0.25) is 4.40 Å². The number of pyridine rings is 1.